The predicted molar refractivity (Wildman–Crippen MR) is 66.7 cm³/mol. The fourth-order valence-corrected chi connectivity index (χ4v) is 2.02. The van der Waals surface area contributed by atoms with Gasteiger partial charge in [-0.25, -0.2) is 0 Å². The Balaban J connectivity index is 2.88. The molecule has 0 aliphatic heterocycles. The summed E-state index contributed by atoms with van der Waals surface area (Å²) in [5, 5.41) is 9.74. The Hall–Kier alpha value is -1.35. The van der Waals surface area contributed by atoms with Crippen molar-refractivity contribution in [2.45, 2.75) is 32.8 Å². The van der Waals surface area contributed by atoms with E-state index in [1.54, 1.807) is 13.8 Å². The molecule has 0 aliphatic carbocycles. The minimum atomic E-state index is -0.718. The number of rotatable bonds is 5. The van der Waals surface area contributed by atoms with Crippen molar-refractivity contribution in [2.24, 2.45) is 5.92 Å². The Kier molecular flexibility index (Phi) is 5.16. The summed E-state index contributed by atoms with van der Waals surface area (Å²) in [5.74, 6) is -0.911. The lowest BCUT2D eigenvalue weighted by molar-refractivity contribution is -0.152. The van der Waals surface area contributed by atoms with Crippen LogP contribution in [-0.2, 0) is 9.53 Å². The fourth-order valence-electron chi connectivity index (χ4n) is 2.02. The van der Waals surface area contributed by atoms with E-state index in [1.807, 2.05) is 37.3 Å². The van der Waals surface area contributed by atoms with Crippen LogP contribution in [0.3, 0.4) is 0 Å². The molecule has 0 aromatic heterocycles. The van der Waals surface area contributed by atoms with E-state index in [0.717, 1.165) is 5.56 Å². The van der Waals surface area contributed by atoms with Crippen molar-refractivity contribution in [2.75, 3.05) is 6.61 Å². The van der Waals surface area contributed by atoms with Crippen LogP contribution >= 0.6 is 0 Å². The first-order valence-corrected chi connectivity index (χ1v) is 5.97. The molecule has 1 rings (SSSR count). The van der Waals surface area contributed by atoms with Crippen LogP contribution in [0.4, 0.5) is 0 Å². The van der Waals surface area contributed by atoms with Gasteiger partial charge >= 0.3 is 5.97 Å². The van der Waals surface area contributed by atoms with Crippen LogP contribution in [0, 0.1) is 5.92 Å². The van der Waals surface area contributed by atoms with E-state index < -0.39 is 12.0 Å². The lowest BCUT2D eigenvalue weighted by Crippen LogP contribution is -2.32. The molecule has 1 aromatic rings. The molecule has 94 valence electrons. The highest BCUT2D eigenvalue weighted by Crippen LogP contribution is 2.27. The third-order valence-corrected chi connectivity index (χ3v) is 2.94. The zero-order valence-electron chi connectivity index (χ0n) is 10.6. The summed E-state index contributed by atoms with van der Waals surface area (Å²) in [6.07, 6.45) is -0.718. The van der Waals surface area contributed by atoms with Crippen LogP contribution in [0.25, 0.3) is 0 Å². The van der Waals surface area contributed by atoms with Gasteiger partial charge in [-0.05, 0) is 25.3 Å². The lowest BCUT2D eigenvalue weighted by Gasteiger charge is -2.24. The Morgan fingerprint density at radius 2 is 1.88 bits per heavy atom. The summed E-state index contributed by atoms with van der Waals surface area (Å²) >= 11 is 0. The first kappa shape index (κ1) is 13.7. The molecule has 0 amide bonds. The molecule has 0 saturated carbocycles. The third kappa shape index (κ3) is 3.56. The van der Waals surface area contributed by atoms with E-state index in [0.29, 0.717) is 6.61 Å². The number of aliphatic hydroxyl groups excluding tert-OH is 1. The minimum absolute atomic E-state index is 0.0600. The van der Waals surface area contributed by atoms with Crippen LogP contribution in [0.15, 0.2) is 30.3 Å². The fraction of sp³-hybridized carbons (Fsp3) is 0.500. The van der Waals surface area contributed by atoms with E-state index in [9.17, 15) is 9.90 Å². The van der Waals surface area contributed by atoms with Crippen molar-refractivity contribution in [1.29, 1.82) is 0 Å². The monoisotopic (exact) mass is 236 g/mol. The largest absolute Gasteiger partial charge is 0.466 e. The van der Waals surface area contributed by atoms with Crippen LogP contribution in [0.1, 0.15) is 32.3 Å². The molecular formula is C14H20O3. The maximum Gasteiger partial charge on any atom is 0.312 e. The molecule has 0 radical (unpaired) electrons. The van der Waals surface area contributed by atoms with Gasteiger partial charge in [-0.2, -0.15) is 0 Å². The van der Waals surface area contributed by atoms with Gasteiger partial charge in [0.05, 0.1) is 18.6 Å². The summed E-state index contributed by atoms with van der Waals surface area (Å²) in [7, 11) is 0. The summed E-state index contributed by atoms with van der Waals surface area (Å²) in [4.78, 5) is 11.8. The minimum Gasteiger partial charge on any atom is -0.466 e. The average Bonchev–Trinajstić information content (AvgIpc) is 2.30. The standard InChI is InChI=1S/C14H20O3/c1-4-17-14(16)13(11(3)15)10(2)12-8-6-5-7-9-12/h5-11,13,15H,4H2,1-3H3. The first-order chi connectivity index (χ1) is 8.07. The number of ether oxygens (including phenoxy) is 1. The molecule has 0 saturated heterocycles. The molecule has 0 aliphatic rings. The molecule has 1 N–H and O–H groups in total. The summed E-state index contributed by atoms with van der Waals surface area (Å²) < 4.78 is 5.01. The summed E-state index contributed by atoms with van der Waals surface area (Å²) in [6, 6.07) is 9.70. The SMILES string of the molecule is CCOC(=O)C(C(C)O)C(C)c1ccccc1. The normalized spacial score (nSPS) is 16.0. The van der Waals surface area contributed by atoms with Gasteiger partial charge in [0.2, 0.25) is 0 Å². The molecule has 17 heavy (non-hydrogen) atoms. The van der Waals surface area contributed by atoms with Gasteiger partial charge in [-0.1, -0.05) is 37.3 Å². The van der Waals surface area contributed by atoms with E-state index >= 15 is 0 Å². The first-order valence-electron chi connectivity index (χ1n) is 5.97. The Morgan fingerprint density at radius 1 is 1.29 bits per heavy atom. The van der Waals surface area contributed by atoms with Crippen molar-refractivity contribution in [3.63, 3.8) is 0 Å². The second-order valence-corrected chi connectivity index (χ2v) is 4.22. The summed E-state index contributed by atoms with van der Waals surface area (Å²) in [6.45, 7) is 5.67. The molecular weight excluding hydrogens is 216 g/mol. The molecule has 0 fully saturated rings. The number of carbonyl (C=O) groups is 1. The predicted octanol–water partition coefficient (Wildman–Crippen LogP) is 2.35. The molecule has 3 nitrogen and oxygen atoms in total. The van der Waals surface area contributed by atoms with Gasteiger partial charge in [-0.3, -0.25) is 4.79 Å². The second-order valence-electron chi connectivity index (χ2n) is 4.22. The van der Waals surface area contributed by atoms with Crippen LogP contribution in [-0.4, -0.2) is 23.8 Å². The zero-order chi connectivity index (χ0) is 12.8. The van der Waals surface area contributed by atoms with E-state index in [-0.39, 0.29) is 11.9 Å². The highest BCUT2D eigenvalue weighted by Gasteiger charge is 2.31. The number of benzene rings is 1. The molecule has 1 aromatic carbocycles. The number of hydrogen-bond acceptors (Lipinski definition) is 3. The molecule has 0 bridgehead atoms. The van der Waals surface area contributed by atoms with Crippen molar-refractivity contribution < 1.29 is 14.6 Å². The quantitative estimate of drug-likeness (QED) is 0.798. The number of esters is 1. The average molecular weight is 236 g/mol. The maximum absolute atomic E-state index is 11.8. The lowest BCUT2D eigenvalue weighted by atomic mass is 9.84. The van der Waals surface area contributed by atoms with Gasteiger partial charge in [0, 0.05) is 0 Å². The van der Waals surface area contributed by atoms with E-state index in [2.05, 4.69) is 0 Å². The maximum atomic E-state index is 11.8. The zero-order valence-corrected chi connectivity index (χ0v) is 10.6. The second kappa shape index (κ2) is 6.40. The van der Waals surface area contributed by atoms with Gasteiger partial charge in [0.1, 0.15) is 0 Å². The van der Waals surface area contributed by atoms with Gasteiger partial charge < -0.3 is 9.84 Å². The van der Waals surface area contributed by atoms with E-state index in [4.69, 9.17) is 4.74 Å². The van der Waals surface area contributed by atoms with Crippen molar-refractivity contribution in [3.05, 3.63) is 35.9 Å². The Bertz CT molecular complexity index is 346. The smallest absolute Gasteiger partial charge is 0.312 e. The van der Waals surface area contributed by atoms with Gasteiger partial charge in [-0.15, -0.1) is 0 Å². The highest BCUT2D eigenvalue weighted by molar-refractivity contribution is 5.74. The van der Waals surface area contributed by atoms with Crippen molar-refractivity contribution >= 4 is 5.97 Å². The van der Waals surface area contributed by atoms with Gasteiger partial charge in [0.15, 0.2) is 0 Å². The number of aliphatic hydroxyl groups is 1. The molecule has 0 spiro atoms. The topological polar surface area (TPSA) is 46.5 Å². The van der Waals surface area contributed by atoms with Crippen molar-refractivity contribution in [3.8, 4) is 0 Å². The summed E-state index contributed by atoms with van der Waals surface area (Å²) in [5.41, 5.74) is 1.03. The van der Waals surface area contributed by atoms with Crippen LogP contribution < -0.4 is 0 Å². The molecule has 0 heterocycles. The van der Waals surface area contributed by atoms with Gasteiger partial charge in [0.25, 0.3) is 0 Å². The molecule has 3 atom stereocenters. The Morgan fingerprint density at radius 3 is 2.35 bits per heavy atom. The molecule has 3 unspecified atom stereocenters. The van der Waals surface area contributed by atoms with E-state index in [1.165, 1.54) is 0 Å². The number of hydrogen-bond donors (Lipinski definition) is 1. The van der Waals surface area contributed by atoms with Crippen molar-refractivity contribution in [1.82, 2.24) is 0 Å². The Labute approximate surface area is 102 Å². The van der Waals surface area contributed by atoms with Crippen LogP contribution in [0.2, 0.25) is 0 Å². The third-order valence-electron chi connectivity index (χ3n) is 2.94. The highest BCUT2D eigenvalue weighted by atomic mass is 16.5. The molecule has 3 heteroatoms. The number of carbonyl (C=O) groups excluding carboxylic acids is 1. The van der Waals surface area contributed by atoms with Crippen LogP contribution in [0.5, 0.6) is 0 Å².